The normalized spacial score (nSPS) is 10.4. The third-order valence-electron chi connectivity index (χ3n) is 3.38. The highest BCUT2D eigenvalue weighted by molar-refractivity contribution is 5.95. The molecule has 6 heteroatoms. The van der Waals surface area contributed by atoms with Gasteiger partial charge in [0.2, 0.25) is 5.95 Å². The lowest BCUT2D eigenvalue weighted by molar-refractivity contribution is 0.101. The van der Waals surface area contributed by atoms with Gasteiger partial charge in [0.1, 0.15) is 0 Å². The second-order valence-electron chi connectivity index (χ2n) is 5.39. The van der Waals surface area contributed by atoms with Crippen molar-refractivity contribution in [3.05, 3.63) is 36.0 Å². The minimum Gasteiger partial charge on any atom is -0.355 e. The summed E-state index contributed by atoms with van der Waals surface area (Å²) in [5, 5.41) is 11.2. The van der Waals surface area contributed by atoms with Crippen LogP contribution in [-0.4, -0.2) is 34.1 Å². The molecule has 1 aromatic carbocycles. The molecule has 0 saturated carbocycles. The van der Waals surface area contributed by atoms with Gasteiger partial charge in [-0.2, -0.15) is 10.1 Å². The molecule has 122 valence electrons. The minimum absolute atomic E-state index is 0.0264. The molecule has 0 fully saturated rings. The Labute approximate surface area is 137 Å². The lowest BCUT2D eigenvalue weighted by Gasteiger charge is -2.22. The maximum atomic E-state index is 11.5. The Balaban J connectivity index is 2.19. The van der Waals surface area contributed by atoms with Crippen molar-refractivity contribution in [2.24, 2.45) is 0 Å². The van der Waals surface area contributed by atoms with Gasteiger partial charge in [-0.05, 0) is 31.9 Å². The van der Waals surface area contributed by atoms with Crippen molar-refractivity contribution in [2.75, 3.05) is 23.3 Å². The zero-order valence-electron chi connectivity index (χ0n) is 13.9. The molecular formula is C17H23N5O. The van der Waals surface area contributed by atoms with E-state index in [1.807, 2.05) is 12.1 Å². The fourth-order valence-corrected chi connectivity index (χ4v) is 2.33. The number of benzene rings is 1. The molecule has 2 aromatic rings. The standard InChI is InChI=1S/C17H23N5O/c1-4-9-22(10-5-2)16-12-18-21-17(20-16)19-15-8-6-7-14(11-15)13(3)23/h6-8,11-12H,4-5,9-10H2,1-3H3,(H,19,20,21). The number of anilines is 3. The van der Waals surface area contributed by atoms with E-state index in [0.29, 0.717) is 11.5 Å². The van der Waals surface area contributed by atoms with E-state index in [9.17, 15) is 4.79 Å². The number of aromatic nitrogens is 3. The summed E-state index contributed by atoms with van der Waals surface area (Å²) in [5.41, 5.74) is 1.42. The number of carbonyl (C=O) groups is 1. The third-order valence-corrected chi connectivity index (χ3v) is 3.38. The number of hydrogen-bond donors (Lipinski definition) is 1. The predicted molar refractivity (Wildman–Crippen MR) is 92.4 cm³/mol. The molecule has 0 unspecified atom stereocenters. The minimum atomic E-state index is 0.0264. The SMILES string of the molecule is CCCN(CCC)c1cnnc(Nc2cccc(C(C)=O)c2)n1. The monoisotopic (exact) mass is 313 g/mol. The van der Waals surface area contributed by atoms with E-state index >= 15 is 0 Å². The number of hydrogen-bond acceptors (Lipinski definition) is 6. The molecule has 1 N–H and O–H groups in total. The second-order valence-corrected chi connectivity index (χ2v) is 5.39. The smallest absolute Gasteiger partial charge is 0.249 e. The van der Waals surface area contributed by atoms with Gasteiger partial charge in [-0.15, -0.1) is 5.10 Å². The summed E-state index contributed by atoms with van der Waals surface area (Å²) in [6.45, 7) is 7.70. The number of nitrogens with zero attached hydrogens (tertiary/aromatic N) is 4. The number of ketones is 1. The van der Waals surface area contributed by atoms with Crippen LogP contribution in [0.3, 0.4) is 0 Å². The number of carbonyl (C=O) groups excluding carboxylic acids is 1. The molecule has 23 heavy (non-hydrogen) atoms. The summed E-state index contributed by atoms with van der Waals surface area (Å²) >= 11 is 0. The Morgan fingerprint density at radius 1 is 1.22 bits per heavy atom. The average molecular weight is 313 g/mol. The summed E-state index contributed by atoms with van der Waals surface area (Å²) < 4.78 is 0. The van der Waals surface area contributed by atoms with E-state index in [-0.39, 0.29) is 5.78 Å². The van der Waals surface area contributed by atoms with Crippen LogP contribution in [0.5, 0.6) is 0 Å². The molecule has 0 bridgehead atoms. The molecule has 0 aliphatic rings. The van der Waals surface area contributed by atoms with Gasteiger partial charge in [0.05, 0.1) is 6.20 Å². The maximum absolute atomic E-state index is 11.5. The van der Waals surface area contributed by atoms with Crippen LogP contribution in [0, 0.1) is 0 Å². The highest BCUT2D eigenvalue weighted by atomic mass is 16.1. The predicted octanol–water partition coefficient (Wildman–Crippen LogP) is 3.44. The quantitative estimate of drug-likeness (QED) is 0.753. The molecule has 0 atom stereocenters. The zero-order chi connectivity index (χ0) is 16.7. The van der Waals surface area contributed by atoms with E-state index in [1.165, 1.54) is 0 Å². The van der Waals surface area contributed by atoms with Gasteiger partial charge < -0.3 is 10.2 Å². The van der Waals surface area contributed by atoms with Crippen molar-refractivity contribution in [3.8, 4) is 0 Å². The Hall–Kier alpha value is -2.50. The molecule has 0 aliphatic carbocycles. The largest absolute Gasteiger partial charge is 0.355 e. The molecule has 0 aliphatic heterocycles. The lowest BCUT2D eigenvalue weighted by Crippen LogP contribution is -2.26. The van der Waals surface area contributed by atoms with Gasteiger partial charge in [-0.25, -0.2) is 0 Å². The number of rotatable bonds is 8. The van der Waals surface area contributed by atoms with E-state index in [2.05, 4.69) is 39.2 Å². The van der Waals surface area contributed by atoms with Gasteiger partial charge >= 0.3 is 0 Å². The summed E-state index contributed by atoms with van der Waals surface area (Å²) in [6, 6.07) is 7.27. The molecule has 6 nitrogen and oxygen atoms in total. The zero-order valence-corrected chi connectivity index (χ0v) is 13.9. The summed E-state index contributed by atoms with van der Waals surface area (Å²) in [7, 11) is 0. The van der Waals surface area contributed by atoms with Crippen molar-refractivity contribution in [2.45, 2.75) is 33.6 Å². The van der Waals surface area contributed by atoms with E-state index in [1.54, 1.807) is 25.3 Å². The Kier molecular flexibility index (Phi) is 6.02. The van der Waals surface area contributed by atoms with Gasteiger partial charge in [0.25, 0.3) is 0 Å². The van der Waals surface area contributed by atoms with Crippen molar-refractivity contribution in [1.82, 2.24) is 15.2 Å². The van der Waals surface area contributed by atoms with Gasteiger partial charge in [-0.3, -0.25) is 4.79 Å². The van der Waals surface area contributed by atoms with Crippen LogP contribution in [0.25, 0.3) is 0 Å². The molecule has 0 saturated heterocycles. The molecule has 1 aromatic heterocycles. The number of nitrogens with one attached hydrogen (secondary N) is 1. The van der Waals surface area contributed by atoms with Crippen molar-refractivity contribution < 1.29 is 4.79 Å². The second kappa shape index (κ2) is 8.22. The lowest BCUT2D eigenvalue weighted by atomic mass is 10.1. The first-order valence-electron chi connectivity index (χ1n) is 7.96. The topological polar surface area (TPSA) is 71.0 Å². The van der Waals surface area contributed by atoms with Crippen molar-refractivity contribution in [3.63, 3.8) is 0 Å². The van der Waals surface area contributed by atoms with E-state index < -0.39 is 0 Å². The van der Waals surface area contributed by atoms with Crippen LogP contribution >= 0.6 is 0 Å². The van der Waals surface area contributed by atoms with Crippen LogP contribution in [0.2, 0.25) is 0 Å². The Bertz CT molecular complexity index is 653. The molecular weight excluding hydrogens is 290 g/mol. The van der Waals surface area contributed by atoms with Crippen LogP contribution in [0.1, 0.15) is 44.0 Å². The van der Waals surface area contributed by atoms with E-state index in [0.717, 1.165) is 37.4 Å². The highest BCUT2D eigenvalue weighted by Crippen LogP contribution is 2.17. The molecule has 0 spiro atoms. The highest BCUT2D eigenvalue weighted by Gasteiger charge is 2.09. The van der Waals surface area contributed by atoms with Crippen LogP contribution in [0.4, 0.5) is 17.5 Å². The summed E-state index contributed by atoms with van der Waals surface area (Å²) in [6.07, 6.45) is 3.78. The van der Waals surface area contributed by atoms with Gasteiger partial charge in [0.15, 0.2) is 11.6 Å². The van der Waals surface area contributed by atoms with Gasteiger partial charge in [0, 0.05) is 24.3 Å². The first-order chi connectivity index (χ1) is 11.1. The van der Waals surface area contributed by atoms with Crippen molar-refractivity contribution in [1.29, 1.82) is 0 Å². The Morgan fingerprint density at radius 2 is 1.96 bits per heavy atom. The van der Waals surface area contributed by atoms with Gasteiger partial charge in [-0.1, -0.05) is 26.0 Å². The molecule has 1 heterocycles. The fraction of sp³-hybridized carbons (Fsp3) is 0.412. The first-order valence-corrected chi connectivity index (χ1v) is 7.96. The summed E-state index contributed by atoms with van der Waals surface area (Å²) in [5.74, 6) is 1.27. The average Bonchev–Trinajstić information content (AvgIpc) is 2.55. The summed E-state index contributed by atoms with van der Waals surface area (Å²) in [4.78, 5) is 18.2. The maximum Gasteiger partial charge on any atom is 0.249 e. The molecule has 0 amide bonds. The fourth-order valence-electron chi connectivity index (χ4n) is 2.33. The van der Waals surface area contributed by atoms with Crippen LogP contribution in [-0.2, 0) is 0 Å². The van der Waals surface area contributed by atoms with E-state index in [4.69, 9.17) is 0 Å². The first kappa shape index (κ1) is 16.9. The van der Waals surface area contributed by atoms with Crippen LogP contribution in [0.15, 0.2) is 30.5 Å². The Morgan fingerprint density at radius 3 is 2.61 bits per heavy atom. The van der Waals surface area contributed by atoms with Crippen molar-refractivity contribution >= 4 is 23.2 Å². The number of Topliss-reactive ketones (excluding diaryl/α,β-unsaturated/α-hetero) is 1. The van der Waals surface area contributed by atoms with Crippen LogP contribution < -0.4 is 10.2 Å². The molecule has 2 rings (SSSR count). The molecule has 0 radical (unpaired) electrons. The third kappa shape index (κ3) is 4.74.